The summed E-state index contributed by atoms with van der Waals surface area (Å²) in [7, 11) is 0. The molecule has 1 aromatic heterocycles. The van der Waals surface area contributed by atoms with Crippen LogP contribution in [0.1, 0.15) is 16.1 Å². The number of nitrogens with one attached hydrogen (secondary N) is 1. The molecule has 27 heavy (non-hydrogen) atoms. The molecule has 0 aliphatic heterocycles. The fourth-order valence-electron chi connectivity index (χ4n) is 3.71. The van der Waals surface area contributed by atoms with Gasteiger partial charge in [-0.2, -0.15) is 0 Å². The number of fused-ring (bicyclic) bond motifs is 3. The maximum Gasteiger partial charge on any atom is 0.187 e. The number of hydrogen-bond donors (Lipinski definition) is 1. The van der Waals surface area contributed by atoms with Crippen LogP contribution in [0.15, 0.2) is 91.0 Å². The second-order valence-corrected chi connectivity index (χ2v) is 6.70. The first-order chi connectivity index (χ1) is 13.3. The summed E-state index contributed by atoms with van der Waals surface area (Å²) in [6.07, 6.45) is 3.53. The van der Waals surface area contributed by atoms with Crippen molar-refractivity contribution >= 4 is 44.3 Å². The van der Waals surface area contributed by atoms with Gasteiger partial charge < -0.3 is 4.98 Å². The number of aromatic nitrogens is 1. The van der Waals surface area contributed by atoms with Crippen molar-refractivity contribution in [2.75, 3.05) is 0 Å². The Bertz CT molecular complexity index is 1250. The number of benzene rings is 4. The molecule has 2 nitrogen and oxygen atoms in total. The van der Waals surface area contributed by atoms with Gasteiger partial charge in [-0.05, 0) is 57.3 Å². The first kappa shape index (κ1) is 15.6. The van der Waals surface area contributed by atoms with Gasteiger partial charge in [-0.1, -0.05) is 66.7 Å². The van der Waals surface area contributed by atoms with Gasteiger partial charge in [0.25, 0.3) is 0 Å². The van der Waals surface area contributed by atoms with Gasteiger partial charge in [-0.15, -0.1) is 0 Å². The van der Waals surface area contributed by atoms with Gasteiger partial charge in [0.15, 0.2) is 5.78 Å². The number of para-hydroxylation sites is 1. The van der Waals surface area contributed by atoms with E-state index >= 15 is 0 Å². The Morgan fingerprint density at radius 3 is 1.96 bits per heavy atom. The number of H-pyrrole nitrogens is 1. The molecule has 0 spiro atoms. The van der Waals surface area contributed by atoms with Crippen molar-refractivity contribution in [1.29, 1.82) is 0 Å². The summed E-state index contributed by atoms with van der Waals surface area (Å²) in [6.45, 7) is 0. The van der Waals surface area contributed by atoms with E-state index in [4.69, 9.17) is 0 Å². The van der Waals surface area contributed by atoms with E-state index in [1.165, 1.54) is 0 Å². The lowest BCUT2D eigenvalue weighted by Gasteiger charge is -2.09. The number of allylic oxidation sites excluding steroid dienone is 1. The third kappa shape index (κ3) is 2.72. The van der Waals surface area contributed by atoms with Gasteiger partial charge in [0, 0.05) is 16.8 Å². The van der Waals surface area contributed by atoms with Gasteiger partial charge in [-0.3, -0.25) is 4.79 Å². The number of carbonyl (C=O) groups is 1. The van der Waals surface area contributed by atoms with E-state index in [1.54, 1.807) is 6.08 Å². The molecule has 1 heterocycles. The van der Waals surface area contributed by atoms with Crippen molar-refractivity contribution in [1.82, 2.24) is 4.98 Å². The summed E-state index contributed by atoms with van der Waals surface area (Å²) in [5.74, 6) is 0.0154. The Balaban J connectivity index is 1.64. The van der Waals surface area contributed by atoms with Crippen molar-refractivity contribution in [2.45, 2.75) is 0 Å². The molecule has 1 N–H and O–H groups in total. The summed E-state index contributed by atoms with van der Waals surface area (Å²) < 4.78 is 0. The van der Waals surface area contributed by atoms with E-state index in [9.17, 15) is 4.79 Å². The number of ketones is 1. The van der Waals surface area contributed by atoms with E-state index in [-0.39, 0.29) is 5.78 Å². The van der Waals surface area contributed by atoms with Crippen molar-refractivity contribution in [3.05, 3.63) is 102 Å². The zero-order valence-electron chi connectivity index (χ0n) is 14.6. The van der Waals surface area contributed by atoms with Crippen LogP contribution in [0.3, 0.4) is 0 Å². The number of rotatable bonds is 3. The van der Waals surface area contributed by atoms with Gasteiger partial charge in [0.1, 0.15) is 0 Å². The van der Waals surface area contributed by atoms with E-state index in [0.29, 0.717) is 0 Å². The average Bonchev–Trinajstić information content (AvgIpc) is 3.13. The lowest BCUT2D eigenvalue weighted by atomic mass is 9.94. The van der Waals surface area contributed by atoms with E-state index < -0.39 is 0 Å². The van der Waals surface area contributed by atoms with Gasteiger partial charge in [0.2, 0.25) is 0 Å². The Morgan fingerprint density at radius 1 is 0.704 bits per heavy atom. The van der Waals surface area contributed by atoms with Crippen LogP contribution < -0.4 is 0 Å². The standard InChI is InChI=1S/C25H17NO/c27-24(14-13-20-16-19-9-3-6-12-23(19)26-20)25-21-10-4-1-7-17(21)15-18-8-2-5-11-22(18)25/h1-16,26H/b14-13+. The van der Waals surface area contributed by atoms with Gasteiger partial charge in [0.05, 0.1) is 0 Å². The van der Waals surface area contributed by atoms with Crippen LogP contribution >= 0.6 is 0 Å². The summed E-state index contributed by atoms with van der Waals surface area (Å²) in [6, 6.07) is 28.4. The zero-order chi connectivity index (χ0) is 18.2. The van der Waals surface area contributed by atoms with Crippen LogP contribution in [0.2, 0.25) is 0 Å². The predicted octanol–water partition coefficient (Wildman–Crippen LogP) is 6.37. The quantitative estimate of drug-likeness (QED) is 0.229. The molecule has 0 atom stereocenters. The van der Waals surface area contributed by atoms with Crippen molar-refractivity contribution in [3.8, 4) is 0 Å². The predicted molar refractivity (Wildman–Crippen MR) is 113 cm³/mol. The Labute approximate surface area is 156 Å². The minimum Gasteiger partial charge on any atom is -0.355 e. The molecule has 0 saturated heterocycles. The van der Waals surface area contributed by atoms with Gasteiger partial charge >= 0.3 is 0 Å². The Kier molecular flexibility index (Phi) is 3.61. The second-order valence-electron chi connectivity index (χ2n) is 6.70. The van der Waals surface area contributed by atoms with E-state index in [1.807, 2.05) is 60.7 Å². The molecule has 5 aromatic rings. The Morgan fingerprint density at radius 2 is 1.30 bits per heavy atom. The maximum absolute atomic E-state index is 13.2. The molecule has 0 bridgehead atoms. The first-order valence-electron chi connectivity index (χ1n) is 9.00. The summed E-state index contributed by atoms with van der Waals surface area (Å²) in [5, 5.41) is 5.28. The highest BCUT2D eigenvalue weighted by Gasteiger charge is 2.12. The second kappa shape index (κ2) is 6.26. The molecule has 2 heteroatoms. The van der Waals surface area contributed by atoms with Crippen LogP contribution in [-0.2, 0) is 0 Å². The molecule has 0 aliphatic rings. The lowest BCUT2D eigenvalue weighted by molar-refractivity contribution is 0.105. The highest BCUT2D eigenvalue weighted by atomic mass is 16.1. The Hall–Kier alpha value is -3.65. The van der Waals surface area contributed by atoms with Crippen molar-refractivity contribution < 1.29 is 4.79 Å². The fourth-order valence-corrected chi connectivity index (χ4v) is 3.71. The first-order valence-corrected chi connectivity index (χ1v) is 9.00. The normalized spacial score (nSPS) is 11.7. The number of hydrogen-bond acceptors (Lipinski definition) is 1. The molecule has 0 saturated carbocycles. The highest BCUT2D eigenvalue weighted by molar-refractivity contribution is 6.23. The van der Waals surface area contributed by atoms with E-state index in [0.717, 1.165) is 43.7 Å². The third-order valence-corrected chi connectivity index (χ3v) is 4.98. The molecule has 0 unspecified atom stereocenters. The largest absolute Gasteiger partial charge is 0.355 e. The minimum atomic E-state index is 0.0154. The summed E-state index contributed by atoms with van der Waals surface area (Å²) >= 11 is 0. The molecular formula is C25H17NO. The van der Waals surface area contributed by atoms with Crippen LogP contribution in [0.5, 0.6) is 0 Å². The van der Waals surface area contributed by atoms with E-state index in [2.05, 4.69) is 35.3 Å². The molecule has 5 rings (SSSR count). The van der Waals surface area contributed by atoms with Crippen LogP contribution in [0, 0.1) is 0 Å². The van der Waals surface area contributed by atoms with Crippen molar-refractivity contribution in [3.63, 3.8) is 0 Å². The van der Waals surface area contributed by atoms with Crippen molar-refractivity contribution in [2.24, 2.45) is 0 Å². The average molecular weight is 347 g/mol. The van der Waals surface area contributed by atoms with Crippen LogP contribution in [0.25, 0.3) is 38.5 Å². The third-order valence-electron chi connectivity index (χ3n) is 4.98. The molecule has 0 fully saturated rings. The number of carbonyl (C=O) groups excluding carboxylic acids is 1. The molecule has 128 valence electrons. The minimum absolute atomic E-state index is 0.0154. The highest BCUT2D eigenvalue weighted by Crippen LogP contribution is 2.29. The summed E-state index contributed by atoms with van der Waals surface area (Å²) in [4.78, 5) is 16.5. The topological polar surface area (TPSA) is 32.9 Å². The SMILES string of the molecule is O=C(/C=C/c1cc2ccccc2[nH]1)c1c2ccccc2cc2ccccc12. The molecule has 4 aromatic carbocycles. The fraction of sp³-hybridized carbons (Fsp3) is 0. The molecule has 0 radical (unpaired) electrons. The molecule has 0 aliphatic carbocycles. The number of aromatic amines is 1. The monoisotopic (exact) mass is 347 g/mol. The zero-order valence-corrected chi connectivity index (χ0v) is 14.6. The van der Waals surface area contributed by atoms with Crippen LogP contribution in [-0.4, -0.2) is 10.8 Å². The van der Waals surface area contributed by atoms with Gasteiger partial charge in [-0.25, -0.2) is 0 Å². The smallest absolute Gasteiger partial charge is 0.187 e. The summed E-state index contributed by atoms with van der Waals surface area (Å²) in [5.41, 5.74) is 2.75. The molecular weight excluding hydrogens is 330 g/mol. The lowest BCUT2D eigenvalue weighted by Crippen LogP contribution is -1.98. The van der Waals surface area contributed by atoms with Crippen LogP contribution in [0.4, 0.5) is 0 Å². The maximum atomic E-state index is 13.2. The molecule has 0 amide bonds.